The molecule has 0 saturated carbocycles. The number of benzene rings is 1. The molecule has 0 atom stereocenters. The van der Waals surface area contributed by atoms with Gasteiger partial charge in [0, 0.05) is 31.2 Å². The van der Waals surface area contributed by atoms with E-state index in [-0.39, 0.29) is 17.5 Å². The number of rotatable bonds is 5. The van der Waals surface area contributed by atoms with Gasteiger partial charge < -0.3 is 15.1 Å². The third-order valence-electron chi connectivity index (χ3n) is 6.74. The Morgan fingerprint density at radius 1 is 1.12 bits per heavy atom. The average Bonchev–Trinajstić information content (AvgIpc) is 2.84. The van der Waals surface area contributed by atoms with Gasteiger partial charge in [-0.2, -0.15) is 13.2 Å². The zero-order chi connectivity index (χ0) is 24.3. The first kappa shape index (κ1) is 24.7. The van der Waals surface area contributed by atoms with Crippen molar-refractivity contribution in [3.05, 3.63) is 51.9 Å². The summed E-state index contributed by atoms with van der Waals surface area (Å²) >= 11 is 5.70. The molecule has 2 aliphatic heterocycles. The smallest absolute Gasteiger partial charge is 0.366 e. The minimum absolute atomic E-state index is 0.104. The second-order valence-corrected chi connectivity index (χ2v) is 9.39. The number of hydrogen-bond acceptors (Lipinski definition) is 5. The van der Waals surface area contributed by atoms with Crippen LogP contribution in [0.3, 0.4) is 0 Å². The summed E-state index contributed by atoms with van der Waals surface area (Å²) < 4.78 is 39.4. The molecule has 6 nitrogen and oxygen atoms in total. The molecule has 1 aromatic carbocycles. The number of halogens is 4. The Hall–Kier alpha value is -2.39. The van der Waals surface area contributed by atoms with Gasteiger partial charge in [-0.1, -0.05) is 24.1 Å². The Bertz CT molecular complexity index is 1020. The van der Waals surface area contributed by atoms with Gasteiger partial charge in [0.2, 0.25) is 0 Å². The molecule has 0 spiro atoms. The third-order valence-corrected chi connectivity index (χ3v) is 7.07. The van der Waals surface area contributed by atoms with Crippen LogP contribution in [0.5, 0.6) is 0 Å². The van der Waals surface area contributed by atoms with Crippen LogP contribution < -0.4 is 5.32 Å². The molecular weight excluding hydrogens is 467 g/mol. The van der Waals surface area contributed by atoms with Crippen LogP contribution in [-0.4, -0.2) is 57.9 Å². The van der Waals surface area contributed by atoms with Gasteiger partial charge in [-0.25, -0.2) is 9.97 Å². The first-order valence-electron chi connectivity index (χ1n) is 11.7. The molecule has 4 rings (SSSR count). The zero-order valence-corrected chi connectivity index (χ0v) is 19.9. The summed E-state index contributed by atoms with van der Waals surface area (Å²) in [5.74, 6) is 0.288. The van der Waals surface area contributed by atoms with Crippen molar-refractivity contribution >= 4 is 23.3 Å². The molecule has 0 radical (unpaired) electrons. The van der Waals surface area contributed by atoms with Gasteiger partial charge >= 0.3 is 6.18 Å². The Kier molecular flexibility index (Phi) is 7.62. The topological polar surface area (TPSA) is 61.4 Å². The number of nitrogens with one attached hydrogen (secondary N) is 1. The van der Waals surface area contributed by atoms with Gasteiger partial charge in [-0.15, -0.1) is 0 Å². The molecule has 10 heteroatoms. The summed E-state index contributed by atoms with van der Waals surface area (Å²) in [5, 5.41) is 2.70. The van der Waals surface area contributed by atoms with E-state index in [1.807, 2.05) is 4.90 Å². The number of alkyl halides is 3. The summed E-state index contributed by atoms with van der Waals surface area (Å²) in [7, 11) is 0. The van der Waals surface area contributed by atoms with Gasteiger partial charge in [0.1, 0.15) is 17.8 Å². The van der Waals surface area contributed by atoms with Crippen LogP contribution in [0.4, 0.5) is 19.0 Å². The van der Waals surface area contributed by atoms with Crippen LogP contribution >= 0.6 is 11.6 Å². The maximum Gasteiger partial charge on any atom is 0.417 e. The lowest BCUT2D eigenvalue weighted by molar-refractivity contribution is -0.137. The number of anilines is 1. The number of hydrogen-bond donors (Lipinski definition) is 1. The maximum atomic E-state index is 13.2. The van der Waals surface area contributed by atoms with Gasteiger partial charge in [0.25, 0.3) is 5.91 Å². The number of nitrogens with zero attached hydrogens (tertiary/aromatic N) is 4. The summed E-state index contributed by atoms with van der Waals surface area (Å²) in [6, 6.07) is 4.31. The highest BCUT2D eigenvalue weighted by Gasteiger charge is 2.33. The van der Waals surface area contributed by atoms with E-state index in [1.165, 1.54) is 37.7 Å². The normalized spacial score (nSPS) is 18.2. The molecule has 2 aliphatic rings. The summed E-state index contributed by atoms with van der Waals surface area (Å²) in [5.41, 5.74) is 0.427. The molecule has 2 fully saturated rings. The standard InChI is InChI=1S/C24H29ClF3N5O/c1-16-21(23(34)33-11-7-18(8-12-33)32-9-3-2-4-10-32)30-15-31-22(16)29-14-17-5-6-20(25)19(13-17)24(26,27)28/h5-6,13,15,18H,2-4,7-12,14H2,1H3,(H,29,30,31). The van der Waals surface area contributed by atoms with Gasteiger partial charge in [-0.3, -0.25) is 4.79 Å². The molecule has 34 heavy (non-hydrogen) atoms. The van der Waals surface area contributed by atoms with E-state index in [0.29, 0.717) is 41.8 Å². The molecule has 184 valence electrons. The Balaban J connectivity index is 1.40. The minimum atomic E-state index is -4.53. The van der Waals surface area contributed by atoms with Crippen molar-refractivity contribution in [1.82, 2.24) is 19.8 Å². The first-order valence-corrected chi connectivity index (χ1v) is 12.1. The summed E-state index contributed by atoms with van der Waals surface area (Å²) in [6.45, 7) is 5.54. The number of aromatic nitrogens is 2. The molecular formula is C24H29ClF3N5O. The Labute approximate surface area is 202 Å². The SMILES string of the molecule is Cc1c(NCc2ccc(Cl)c(C(F)(F)F)c2)ncnc1C(=O)N1CCC(N2CCCCC2)CC1. The van der Waals surface area contributed by atoms with Crippen LogP contribution in [0.2, 0.25) is 5.02 Å². The molecule has 0 unspecified atom stereocenters. The van der Waals surface area contributed by atoms with E-state index in [2.05, 4.69) is 20.2 Å². The van der Waals surface area contributed by atoms with Crippen LogP contribution in [0, 0.1) is 6.92 Å². The van der Waals surface area contributed by atoms with E-state index in [9.17, 15) is 18.0 Å². The Morgan fingerprint density at radius 2 is 1.82 bits per heavy atom. The number of carbonyl (C=O) groups excluding carboxylic acids is 1. The second-order valence-electron chi connectivity index (χ2n) is 8.98. The average molecular weight is 496 g/mol. The lowest BCUT2D eigenvalue weighted by atomic mass is 9.99. The van der Waals surface area contributed by atoms with Gasteiger partial charge in [0.15, 0.2) is 0 Å². The van der Waals surface area contributed by atoms with Crippen molar-refractivity contribution in [3.8, 4) is 0 Å². The zero-order valence-electron chi connectivity index (χ0n) is 19.2. The summed E-state index contributed by atoms with van der Waals surface area (Å²) in [4.78, 5) is 26.0. The summed E-state index contributed by atoms with van der Waals surface area (Å²) in [6.07, 6.45) is 2.51. The highest BCUT2D eigenvalue weighted by molar-refractivity contribution is 6.31. The van der Waals surface area contributed by atoms with E-state index in [0.717, 1.165) is 32.0 Å². The molecule has 1 N–H and O–H groups in total. The predicted molar refractivity (Wildman–Crippen MR) is 125 cm³/mol. The molecule has 0 bridgehead atoms. The maximum absolute atomic E-state index is 13.2. The fourth-order valence-corrected chi connectivity index (χ4v) is 5.02. The van der Waals surface area contributed by atoms with E-state index in [1.54, 1.807) is 6.92 Å². The first-order chi connectivity index (χ1) is 16.2. The molecule has 3 heterocycles. The minimum Gasteiger partial charge on any atom is -0.366 e. The molecule has 1 amide bonds. The third kappa shape index (κ3) is 5.63. The largest absolute Gasteiger partial charge is 0.417 e. The number of carbonyl (C=O) groups is 1. The fourth-order valence-electron chi connectivity index (χ4n) is 4.80. The second kappa shape index (κ2) is 10.5. The number of piperidine rings is 2. The predicted octanol–water partition coefficient (Wildman–Crippen LogP) is 5.16. The van der Waals surface area contributed by atoms with E-state index >= 15 is 0 Å². The quantitative estimate of drug-likeness (QED) is 0.621. The van der Waals surface area contributed by atoms with Gasteiger partial charge in [-0.05, 0) is 63.4 Å². The molecule has 1 aromatic heterocycles. The van der Waals surface area contributed by atoms with Crippen molar-refractivity contribution in [2.75, 3.05) is 31.5 Å². The molecule has 0 aliphatic carbocycles. The monoisotopic (exact) mass is 495 g/mol. The van der Waals surface area contributed by atoms with Crippen LogP contribution in [-0.2, 0) is 12.7 Å². The molecule has 2 saturated heterocycles. The van der Waals surface area contributed by atoms with Crippen molar-refractivity contribution in [2.45, 2.75) is 57.8 Å². The van der Waals surface area contributed by atoms with Crippen molar-refractivity contribution in [2.24, 2.45) is 0 Å². The van der Waals surface area contributed by atoms with Crippen molar-refractivity contribution < 1.29 is 18.0 Å². The fraction of sp³-hybridized carbons (Fsp3) is 0.542. The van der Waals surface area contributed by atoms with Crippen LogP contribution in [0.1, 0.15) is 59.3 Å². The van der Waals surface area contributed by atoms with E-state index < -0.39 is 11.7 Å². The van der Waals surface area contributed by atoms with Gasteiger partial charge in [0.05, 0.1) is 10.6 Å². The number of amides is 1. The highest BCUT2D eigenvalue weighted by atomic mass is 35.5. The van der Waals surface area contributed by atoms with Crippen LogP contribution in [0.25, 0.3) is 0 Å². The lowest BCUT2D eigenvalue weighted by Crippen LogP contribution is -2.48. The molecule has 2 aromatic rings. The van der Waals surface area contributed by atoms with Crippen LogP contribution in [0.15, 0.2) is 24.5 Å². The van der Waals surface area contributed by atoms with E-state index in [4.69, 9.17) is 11.6 Å². The number of likely N-dealkylation sites (tertiary alicyclic amines) is 2. The lowest BCUT2D eigenvalue weighted by Gasteiger charge is -2.40. The highest BCUT2D eigenvalue weighted by Crippen LogP contribution is 2.35. The Morgan fingerprint density at radius 3 is 2.50 bits per heavy atom. The van der Waals surface area contributed by atoms with Crippen molar-refractivity contribution in [3.63, 3.8) is 0 Å². The van der Waals surface area contributed by atoms with Crippen molar-refractivity contribution in [1.29, 1.82) is 0 Å².